The van der Waals surface area contributed by atoms with Gasteiger partial charge in [-0.25, -0.2) is 14.8 Å². The summed E-state index contributed by atoms with van der Waals surface area (Å²) < 4.78 is 0. The van der Waals surface area contributed by atoms with Gasteiger partial charge in [0, 0.05) is 12.7 Å². The summed E-state index contributed by atoms with van der Waals surface area (Å²) in [5.74, 6) is 0.696. The number of nitrogens with zero attached hydrogens (tertiary/aromatic N) is 3. The first-order valence-electron chi connectivity index (χ1n) is 11.4. The molecular weight excluding hydrogens is 404 g/mol. The zero-order valence-corrected chi connectivity index (χ0v) is 18.3. The van der Waals surface area contributed by atoms with Gasteiger partial charge in [0.05, 0.1) is 11.9 Å². The number of hydrogen-bond acceptors (Lipinski definition) is 5. The van der Waals surface area contributed by atoms with E-state index in [-0.39, 0.29) is 18.5 Å². The first kappa shape index (κ1) is 20.5. The second kappa shape index (κ2) is 8.26. The molecule has 0 bridgehead atoms. The third-order valence-corrected chi connectivity index (χ3v) is 6.78. The maximum atomic E-state index is 13.2. The van der Waals surface area contributed by atoms with Crippen LogP contribution < -0.4 is 10.6 Å². The molecular formula is C24H28N6O2. The Morgan fingerprint density at radius 1 is 1.06 bits per heavy atom. The Kier molecular flexibility index (Phi) is 5.28. The molecule has 8 heteroatoms. The molecule has 3 amide bonds. The third kappa shape index (κ3) is 3.49. The highest BCUT2D eigenvalue weighted by Gasteiger charge is 2.51. The number of anilines is 1. The number of nitrogens with one attached hydrogen (secondary N) is 3. The quantitative estimate of drug-likeness (QED) is 0.513. The van der Waals surface area contributed by atoms with E-state index in [9.17, 15) is 9.59 Å². The van der Waals surface area contributed by atoms with E-state index in [1.165, 1.54) is 4.90 Å². The standard InChI is InChI=1S/C24H28N6O2/c1-2-16-12-25-20-19(16)21(28-15-27-20)26-13-17-8-4-5-9-18(17)14-30-22(31)24(29-23(30)32)10-6-3-7-11-24/h4-5,8-9,12,15H,2-3,6-7,10-11,13-14H2,1H3,(H,29,32)(H2,25,26,27,28). The van der Waals surface area contributed by atoms with Gasteiger partial charge < -0.3 is 15.6 Å². The smallest absolute Gasteiger partial charge is 0.325 e. The van der Waals surface area contributed by atoms with Crippen molar-refractivity contribution in [1.82, 2.24) is 25.2 Å². The summed E-state index contributed by atoms with van der Waals surface area (Å²) in [5, 5.41) is 7.43. The number of imide groups is 1. The van der Waals surface area contributed by atoms with E-state index in [0.717, 1.165) is 72.1 Å². The zero-order valence-electron chi connectivity index (χ0n) is 18.3. The normalized spacial score (nSPS) is 17.8. The van der Waals surface area contributed by atoms with Crippen molar-refractivity contribution in [3.63, 3.8) is 0 Å². The van der Waals surface area contributed by atoms with Gasteiger partial charge in [-0.2, -0.15) is 0 Å². The van der Waals surface area contributed by atoms with Crippen LogP contribution >= 0.6 is 0 Å². The van der Waals surface area contributed by atoms with Crippen LogP contribution in [0.4, 0.5) is 10.6 Å². The molecule has 3 N–H and O–H groups in total. The van der Waals surface area contributed by atoms with Gasteiger partial charge in [0.1, 0.15) is 23.3 Å². The van der Waals surface area contributed by atoms with Gasteiger partial charge in [-0.15, -0.1) is 0 Å². The Hall–Kier alpha value is -3.42. The minimum atomic E-state index is -0.695. The van der Waals surface area contributed by atoms with Crippen molar-refractivity contribution in [2.45, 2.75) is 64.1 Å². The summed E-state index contributed by atoms with van der Waals surface area (Å²) in [4.78, 5) is 39.2. The van der Waals surface area contributed by atoms with Crippen LogP contribution in [0.2, 0.25) is 0 Å². The lowest BCUT2D eigenvalue weighted by atomic mass is 9.81. The van der Waals surface area contributed by atoms with Crippen LogP contribution in [0.3, 0.4) is 0 Å². The highest BCUT2D eigenvalue weighted by atomic mass is 16.2. The Balaban J connectivity index is 1.36. The van der Waals surface area contributed by atoms with Gasteiger partial charge in [-0.1, -0.05) is 50.5 Å². The van der Waals surface area contributed by atoms with Crippen LogP contribution in [-0.2, 0) is 24.3 Å². The van der Waals surface area contributed by atoms with Gasteiger partial charge in [0.25, 0.3) is 5.91 Å². The first-order valence-corrected chi connectivity index (χ1v) is 11.4. The summed E-state index contributed by atoms with van der Waals surface area (Å²) in [6.45, 7) is 2.91. The number of aromatic amines is 1. The Morgan fingerprint density at radius 2 is 1.84 bits per heavy atom. The first-order chi connectivity index (χ1) is 15.6. The largest absolute Gasteiger partial charge is 0.365 e. The van der Waals surface area contributed by atoms with Crippen molar-refractivity contribution >= 4 is 28.8 Å². The molecule has 8 nitrogen and oxygen atoms in total. The summed E-state index contributed by atoms with van der Waals surface area (Å²) in [7, 11) is 0. The van der Waals surface area contributed by atoms with Crippen molar-refractivity contribution in [3.8, 4) is 0 Å². The number of urea groups is 1. The van der Waals surface area contributed by atoms with Gasteiger partial charge >= 0.3 is 6.03 Å². The molecule has 166 valence electrons. The fourth-order valence-electron chi connectivity index (χ4n) is 4.99. The molecule has 0 atom stereocenters. The second-order valence-corrected chi connectivity index (χ2v) is 8.70. The van der Waals surface area contributed by atoms with E-state index in [1.54, 1.807) is 6.33 Å². The van der Waals surface area contributed by atoms with Crippen LogP contribution in [0.1, 0.15) is 55.7 Å². The lowest BCUT2D eigenvalue weighted by molar-refractivity contribution is -0.132. The number of amides is 3. The summed E-state index contributed by atoms with van der Waals surface area (Å²) in [6.07, 6.45) is 8.94. The predicted octanol–water partition coefficient (Wildman–Crippen LogP) is 3.89. The summed E-state index contributed by atoms with van der Waals surface area (Å²) in [6, 6.07) is 7.63. The Labute approximate surface area is 186 Å². The average molecular weight is 433 g/mol. The van der Waals surface area contributed by atoms with E-state index >= 15 is 0 Å². The molecule has 1 saturated carbocycles. The molecule has 0 unspecified atom stereocenters. The zero-order chi connectivity index (χ0) is 22.1. The molecule has 1 saturated heterocycles. The number of fused-ring (bicyclic) bond motifs is 1. The van der Waals surface area contributed by atoms with E-state index < -0.39 is 5.54 Å². The summed E-state index contributed by atoms with van der Waals surface area (Å²) >= 11 is 0. The number of benzene rings is 1. The topological polar surface area (TPSA) is 103 Å². The van der Waals surface area contributed by atoms with Crippen LogP contribution in [0, 0.1) is 0 Å². The lowest BCUT2D eigenvalue weighted by Crippen LogP contribution is -2.48. The molecule has 2 fully saturated rings. The van der Waals surface area contributed by atoms with E-state index in [0.29, 0.717) is 6.54 Å². The van der Waals surface area contributed by atoms with E-state index in [2.05, 4.69) is 32.5 Å². The highest BCUT2D eigenvalue weighted by Crippen LogP contribution is 2.34. The number of rotatable bonds is 6. The van der Waals surface area contributed by atoms with Crippen molar-refractivity contribution < 1.29 is 9.59 Å². The summed E-state index contributed by atoms with van der Waals surface area (Å²) in [5.41, 5.74) is 3.25. The van der Waals surface area contributed by atoms with Crippen LogP contribution in [0.25, 0.3) is 11.0 Å². The molecule has 3 heterocycles. The average Bonchev–Trinajstić information content (AvgIpc) is 3.34. The minimum Gasteiger partial charge on any atom is -0.365 e. The number of carbonyl (C=O) groups excluding carboxylic acids is 2. The lowest BCUT2D eigenvalue weighted by Gasteiger charge is -2.30. The number of H-pyrrole nitrogens is 1. The third-order valence-electron chi connectivity index (χ3n) is 6.78. The van der Waals surface area contributed by atoms with Crippen LogP contribution in [0.5, 0.6) is 0 Å². The molecule has 1 aliphatic carbocycles. The van der Waals surface area contributed by atoms with Crippen molar-refractivity contribution in [2.24, 2.45) is 0 Å². The minimum absolute atomic E-state index is 0.0811. The van der Waals surface area contributed by atoms with Gasteiger partial charge in [-0.05, 0) is 36.0 Å². The molecule has 1 spiro atoms. The number of aromatic nitrogens is 3. The fraction of sp³-hybridized carbons (Fsp3) is 0.417. The molecule has 5 rings (SSSR count). The SMILES string of the molecule is CCc1c[nH]c2ncnc(NCc3ccccc3CN3C(=O)NC4(CCCCC4)C3=O)c12. The molecule has 3 aromatic rings. The Bertz CT molecular complexity index is 1160. The molecule has 0 radical (unpaired) electrons. The van der Waals surface area contributed by atoms with Crippen molar-refractivity contribution in [3.05, 3.63) is 53.5 Å². The molecule has 2 aliphatic rings. The van der Waals surface area contributed by atoms with E-state index in [4.69, 9.17) is 0 Å². The molecule has 32 heavy (non-hydrogen) atoms. The van der Waals surface area contributed by atoms with Gasteiger partial charge in [0.2, 0.25) is 0 Å². The number of carbonyl (C=O) groups is 2. The predicted molar refractivity (Wildman–Crippen MR) is 122 cm³/mol. The van der Waals surface area contributed by atoms with E-state index in [1.807, 2.05) is 30.5 Å². The van der Waals surface area contributed by atoms with Crippen molar-refractivity contribution in [1.29, 1.82) is 0 Å². The maximum absolute atomic E-state index is 13.2. The molecule has 2 aromatic heterocycles. The fourth-order valence-corrected chi connectivity index (χ4v) is 4.99. The molecule has 1 aliphatic heterocycles. The second-order valence-electron chi connectivity index (χ2n) is 8.70. The maximum Gasteiger partial charge on any atom is 0.325 e. The molecule has 1 aromatic carbocycles. The monoisotopic (exact) mass is 432 g/mol. The van der Waals surface area contributed by atoms with Crippen molar-refractivity contribution in [2.75, 3.05) is 5.32 Å². The Morgan fingerprint density at radius 3 is 2.62 bits per heavy atom. The van der Waals surface area contributed by atoms with Gasteiger partial charge in [0.15, 0.2) is 0 Å². The number of hydrogen-bond donors (Lipinski definition) is 3. The number of aryl methyl sites for hydroxylation is 1. The van der Waals surface area contributed by atoms with Crippen LogP contribution in [0.15, 0.2) is 36.8 Å². The van der Waals surface area contributed by atoms with Gasteiger partial charge in [-0.3, -0.25) is 9.69 Å². The highest BCUT2D eigenvalue weighted by molar-refractivity contribution is 6.07. The van der Waals surface area contributed by atoms with Crippen LogP contribution in [-0.4, -0.2) is 37.3 Å².